The topological polar surface area (TPSA) is 53.6 Å². The Bertz CT molecular complexity index is 760. The van der Waals surface area contributed by atoms with Gasteiger partial charge in [-0.05, 0) is 68.3 Å². The SMILES string of the molecule is Oc1ccc(-c2cc3c(Br)c(O)cc(Br)c3o2)cc1. The third kappa shape index (κ3) is 2.13. The number of hydrogen-bond donors (Lipinski definition) is 2. The molecule has 0 fully saturated rings. The number of fused-ring (bicyclic) bond motifs is 1. The zero-order valence-electron chi connectivity index (χ0n) is 9.52. The summed E-state index contributed by atoms with van der Waals surface area (Å²) >= 11 is 6.71. The average molecular weight is 384 g/mol. The third-order valence-corrected chi connectivity index (χ3v) is 4.25. The second kappa shape index (κ2) is 4.58. The normalized spacial score (nSPS) is 11.1. The molecule has 3 nitrogen and oxygen atoms in total. The second-order valence-corrected chi connectivity index (χ2v) is 5.74. The van der Waals surface area contributed by atoms with Crippen molar-refractivity contribution in [3.05, 3.63) is 45.3 Å². The predicted molar refractivity (Wildman–Crippen MR) is 80.4 cm³/mol. The summed E-state index contributed by atoms with van der Waals surface area (Å²) in [6.07, 6.45) is 0. The fraction of sp³-hybridized carbons (Fsp3) is 0. The molecule has 0 unspecified atom stereocenters. The van der Waals surface area contributed by atoms with Crippen molar-refractivity contribution in [2.45, 2.75) is 0 Å². The monoisotopic (exact) mass is 382 g/mol. The van der Waals surface area contributed by atoms with Gasteiger partial charge in [0, 0.05) is 10.9 Å². The lowest BCUT2D eigenvalue weighted by atomic mass is 10.1. The van der Waals surface area contributed by atoms with Gasteiger partial charge in [-0.25, -0.2) is 0 Å². The van der Waals surface area contributed by atoms with Crippen molar-refractivity contribution in [3.63, 3.8) is 0 Å². The van der Waals surface area contributed by atoms with Gasteiger partial charge in [0.15, 0.2) is 0 Å². The Kier molecular flexibility index (Phi) is 3.03. The highest BCUT2D eigenvalue weighted by Gasteiger charge is 2.14. The highest BCUT2D eigenvalue weighted by Crippen LogP contribution is 2.41. The van der Waals surface area contributed by atoms with Crippen molar-refractivity contribution in [1.82, 2.24) is 0 Å². The van der Waals surface area contributed by atoms with E-state index in [4.69, 9.17) is 4.42 Å². The Morgan fingerprint density at radius 3 is 2.32 bits per heavy atom. The van der Waals surface area contributed by atoms with E-state index in [1.807, 2.05) is 6.07 Å². The van der Waals surface area contributed by atoms with E-state index in [0.29, 0.717) is 20.3 Å². The van der Waals surface area contributed by atoms with Gasteiger partial charge >= 0.3 is 0 Å². The highest BCUT2D eigenvalue weighted by atomic mass is 79.9. The molecule has 0 aliphatic heterocycles. The molecule has 0 radical (unpaired) electrons. The van der Waals surface area contributed by atoms with Crippen LogP contribution in [0.25, 0.3) is 22.3 Å². The Balaban J connectivity index is 2.24. The van der Waals surface area contributed by atoms with Crippen LogP contribution in [0.4, 0.5) is 0 Å². The highest BCUT2D eigenvalue weighted by molar-refractivity contribution is 9.11. The minimum Gasteiger partial charge on any atom is -0.508 e. The minimum absolute atomic E-state index is 0.150. The predicted octanol–water partition coefficient (Wildman–Crippen LogP) is 5.04. The number of halogens is 2. The van der Waals surface area contributed by atoms with Crippen LogP contribution < -0.4 is 0 Å². The van der Waals surface area contributed by atoms with Crippen LogP contribution in [0.1, 0.15) is 0 Å². The van der Waals surface area contributed by atoms with E-state index in [2.05, 4.69) is 31.9 Å². The molecule has 1 aromatic heterocycles. The maximum Gasteiger partial charge on any atom is 0.150 e. The maximum absolute atomic E-state index is 9.76. The first-order valence-corrected chi connectivity index (χ1v) is 7.05. The standard InChI is InChI=1S/C14H8Br2O3/c15-10-6-11(18)13(16)9-5-12(19-14(9)10)7-1-3-8(17)4-2-7/h1-6,17-18H. The summed E-state index contributed by atoms with van der Waals surface area (Å²) in [5, 5.41) is 19.8. The molecule has 3 rings (SSSR count). The first-order chi connectivity index (χ1) is 9.06. The summed E-state index contributed by atoms with van der Waals surface area (Å²) in [4.78, 5) is 0. The van der Waals surface area contributed by atoms with Crippen LogP contribution in [0.15, 0.2) is 49.8 Å². The molecule has 2 aromatic carbocycles. The molecule has 96 valence electrons. The molecule has 0 aliphatic carbocycles. The van der Waals surface area contributed by atoms with Gasteiger partial charge in [-0.1, -0.05) is 0 Å². The van der Waals surface area contributed by atoms with E-state index < -0.39 is 0 Å². The molecule has 0 saturated carbocycles. The molecule has 0 atom stereocenters. The molecule has 0 amide bonds. The number of benzene rings is 2. The van der Waals surface area contributed by atoms with Crippen LogP contribution in [0, 0.1) is 0 Å². The van der Waals surface area contributed by atoms with E-state index in [9.17, 15) is 10.2 Å². The average Bonchev–Trinajstić information content (AvgIpc) is 2.83. The van der Waals surface area contributed by atoms with Crippen molar-refractivity contribution in [3.8, 4) is 22.8 Å². The van der Waals surface area contributed by atoms with E-state index in [1.54, 1.807) is 30.3 Å². The summed E-state index contributed by atoms with van der Waals surface area (Å²) in [6.45, 7) is 0. The van der Waals surface area contributed by atoms with Gasteiger partial charge < -0.3 is 14.6 Å². The van der Waals surface area contributed by atoms with Gasteiger partial charge in [0.2, 0.25) is 0 Å². The zero-order valence-corrected chi connectivity index (χ0v) is 12.7. The van der Waals surface area contributed by atoms with Gasteiger partial charge in [0.1, 0.15) is 22.8 Å². The van der Waals surface area contributed by atoms with E-state index >= 15 is 0 Å². The van der Waals surface area contributed by atoms with Crippen molar-refractivity contribution >= 4 is 42.8 Å². The Morgan fingerprint density at radius 1 is 0.947 bits per heavy atom. The fourth-order valence-electron chi connectivity index (χ4n) is 1.89. The molecule has 19 heavy (non-hydrogen) atoms. The van der Waals surface area contributed by atoms with Crippen LogP contribution in [0.5, 0.6) is 11.5 Å². The Morgan fingerprint density at radius 2 is 1.63 bits per heavy atom. The molecule has 0 aliphatic rings. The Hall–Kier alpha value is -1.46. The van der Waals surface area contributed by atoms with Crippen LogP contribution >= 0.6 is 31.9 Å². The van der Waals surface area contributed by atoms with Crippen LogP contribution in [0.3, 0.4) is 0 Å². The molecule has 1 heterocycles. The van der Waals surface area contributed by atoms with Gasteiger partial charge in [0.05, 0.1) is 8.95 Å². The van der Waals surface area contributed by atoms with Gasteiger partial charge in [-0.15, -0.1) is 0 Å². The first-order valence-electron chi connectivity index (χ1n) is 5.46. The van der Waals surface area contributed by atoms with Crippen molar-refractivity contribution in [2.75, 3.05) is 0 Å². The van der Waals surface area contributed by atoms with Crippen LogP contribution in [0.2, 0.25) is 0 Å². The second-order valence-electron chi connectivity index (χ2n) is 4.09. The molecule has 2 N–H and O–H groups in total. The van der Waals surface area contributed by atoms with Crippen LogP contribution in [-0.4, -0.2) is 10.2 Å². The lowest BCUT2D eigenvalue weighted by Gasteiger charge is -1.99. The quantitative estimate of drug-likeness (QED) is 0.619. The van der Waals surface area contributed by atoms with E-state index in [1.165, 1.54) is 0 Å². The molecule has 5 heteroatoms. The lowest BCUT2D eigenvalue weighted by Crippen LogP contribution is -1.72. The van der Waals surface area contributed by atoms with E-state index in [-0.39, 0.29) is 11.5 Å². The number of hydrogen-bond acceptors (Lipinski definition) is 3. The summed E-state index contributed by atoms with van der Waals surface area (Å²) in [7, 11) is 0. The minimum atomic E-state index is 0.150. The number of furan rings is 1. The number of aromatic hydroxyl groups is 2. The zero-order chi connectivity index (χ0) is 13.6. The molecule has 0 spiro atoms. The van der Waals surface area contributed by atoms with Gasteiger partial charge in [-0.2, -0.15) is 0 Å². The number of phenols is 2. The summed E-state index contributed by atoms with van der Waals surface area (Å²) in [5.41, 5.74) is 1.51. The number of rotatable bonds is 1. The molecule has 0 bridgehead atoms. The van der Waals surface area contributed by atoms with Crippen molar-refractivity contribution in [2.24, 2.45) is 0 Å². The molecular formula is C14H8Br2O3. The van der Waals surface area contributed by atoms with Crippen molar-refractivity contribution in [1.29, 1.82) is 0 Å². The first kappa shape index (κ1) is 12.6. The smallest absolute Gasteiger partial charge is 0.150 e. The van der Waals surface area contributed by atoms with Crippen molar-refractivity contribution < 1.29 is 14.6 Å². The van der Waals surface area contributed by atoms with E-state index in [0.717, 1.165) is 10.9 Å². The maximum atomic E-state index is 9.76. The summed E-state index contributed by atoms with van der Waals surface area (Å²) in [6, 6.07) is 10.2. The fourth-order valence-corrected chi connectivity index (χ4v) is 2.81. The van der Waals surface area contributed by atoms with Crippen LogP contribution in [-0.2, 0) is 0 Å². The van der Waals surface area contributed by atoms with Gasteiger partial charge in [0.25, 0.3) is 0 Å². The lowest BCUT2D eigenvalue weighted by molar-refractivity contribution is 0.472. The molecular weight excluding hydrogens is 376 g/mol. The van der Waals surface area contributed by atoms with Gasteiger partial charge in [-0.3, -0.25) is 0 Å². The summed E-state index contributed by atoms with van der Waals surface area (Å²) in [5.74, 6) is 1.03. The molecule has 3 aromatic rings. The largest absolute Gasteiger partial charge is 0.508 e. The molecule has 0 saturated heterocycles. The third-order valence-electron chi connectivity index (χ3n) is 2.83. The number of phenolic OH excluding ortho intramolecular Hbond substituents is 2. The summed E-state index contributed by atoms with van der Waals surface area (Å²) < 4.78 is 7.08. The Labute approximate surface area is 125 Å².